The van der Waals surface area contributed by atoms with Crippen molar-refractivity contribution in [3.63, 3.8) is 0 Å². The van der Waals surface area contributed by atoms with Crippen LogP contribution in [0.4, 0.5) is 13.2 Å². The summed E-state index contributed by atoms with van der Waals surface area (Å²) in [6.45, 7) is 4.89. The quantitative estimate of drug-likeness (QED) is 0.740. The van der Waals surface area contributed by atoms with Gasteiger partial charge in [-0.2, -0.15) is 13.2 Å². The Morgan fingerprint density at radius 3 is 2.06 bits per heavy atom. The first-order valence-corrected chi connectivity index (χ1v) is 6.06. The minimum absolute atomic E-state index is 0.439. The fourth-order valence-electron chi connectivity index (χ4n) is 1.27. The maximum Gasteiger partial charge on any atom is 0.416 e. The van der Waals surface area contributed by atoms with Crippen LogP contribution in [-0.2, 0) is 12.7 Å². The molecule has 90 valence electrons. The summed E-state index contributed by atoms with van der Waals surface area (Å²) in [6.07, 6.45) is -4.24. The van der Waals surface area contributed by atoms with Crippen LogP contribution in [0.5, 0.6) is 0 Å². The molecule has 0 radical (unpaired) electrons. The Balaban J connectivity index is 2.72. The third kappa shape index (κ3) is 3.64. The molecule has 0 heterocycles. The van der Waals surface area contributed by atoms with Crippen molar-refractivity contribution in [1.29, 1.82) is 0 Å². The van der Waals surface area contributed by atoms with Crippen molar-refractivity contribution >= 4 is 10.4 Å². The Kier molecular flexibility index (Phi) is 4.15. The highest BCUT2D eigenvalue weighted by atomic mass is 28.2. The topological polar surface area (TPSA) is 3.24 Å². The minimum atomic E-state index is -4.24. The van der Waals surface area contributed by atoms with Gasteiger partial charge in [-0.15, -0.1) is 0 Å². The molecule has 0 amide bonds. The first kappa shape index (κ1) is 13.3. The average molecular weight is 247 g/mol. The molecular formula is C11H16F3NSi. The van der Waals surface area contributed by atoms with Gasteiger partial charge in [0, 0.05) is 6.54 Å². The summed E-state index contributed by atoms with van der Waals surface area (Å²) in [7, 11) is 0.909. The van der Waals surface area contributed by atoms with E-state index in [0.29, 0.717) is 6.04 Å². The van der Waals surface area contributed by atoms with Crippen LogP contribution in [0.3, 0.4) is 0 Å². The predicted molar refractivity (Wildman–Crippen MR) is 62.1 cm³/mol. The van der Waals surface area contributed by atoms with Crippen molar-refractivity contribution in [2.75, 3.05) is 0 Å². The minimum Gasteiger partial charge on any atom is -0.326 e. The molecule has 1 rings (SSSR count). The van der Waals surface area contributed by atoms with E-state index in [1.807, 2.05) is 0 Å². The monoisotopic (exact) mass is 247 g/mol. The van der Waals surface area contributed by atoms with Crippen molar-refractivity contribution < 1.29 is 13.2 Å². The molecule has 0 aromatic heterocycles. The summed E-state index contributed by atoms with van der Waals surface area (Å²) in [5.74, 6) is 0. The van der Waals surface area contributed by atoms with E-state index >= 15 is 0 Å². The van der Waals surface area contributed by atoms with Crippen LogP contribution in [0, 0.1) is 0 Å². The Morgan fingerprint density at radius 2 is 1.69 bits per heavy atom. The molecule has 0 spiro atoms. The van der Waals surface area contributed by atoms with Crippen LogP contribution in [0.25, 0.3) is 0 Å². The molecule has 1 aromatic carbocycles. The lowest BCUT2D eigenvalue weighted by Crippen LogP contribution is -2.27. The predicted octanol–water partition coefficient (Wildman–Crippen LogP) is 2.20. The van der Waals surface area contributed by atoms with E-state index in [1.54, 1.807) is 12.1 Å². The molecule has 0 aliphatic heterocycles. The molecule has 1 nitrogen and oxygen atoms in total. The summed E-state index contributed by atoms with van der Waals surface area (Å²) in [6, 6.07) is 5.83. The van der Waals surface area contributed by atoms with E-state index in [2.05, 4.69) is 18.4 Å². The van der Waals surface area contributed by atoms with Crippen LogP contribution in [0.2, 0.25) is 0 Å². The number of hydrogen-bond acceptors (Lipinski definition) is 1. The van der Waals surface area contributed by atoms with Crippen LogP contribution in [0.15, 0.2) is 24.3 Å². The lowest BCUT2D eigenvalue weighted by atomic mass is 10.1. The van der Waals surface area contributed by atoms with Crippen molar-refractivity contribution in [3.05, 3.63) is 35.4 Å². The number of halogens is 3. The van der Waals surface area contributed by atoms with E-state index in [0.717, 1.165) is 34.6 Å². The normalized spacial score (nSPS) is 12.7. The zero-order chi connectivity index (χ0) is 12.3. The fraction of sp³-hybridized carbons (Fsp3) is 0.455. The molecular weight excluding hydrogens is 231 g/mol. The molecule has 16 heavy (non-hydrogen) atoms. The van der Waals surface area contributed by atoms with E-state index in [4.69, 9.17) is 0 Å². The second-order valence-electron chi connectivity index (χ2n) is 4.20. The van der Waals surface area contributed by atoms with Gasteiger partial charge in [-0.05, 0) is 23.7 Å². The molecule has 0 unspecified atom stereocenters. The van der Waals surface area contributed by atoms with E-state index in [1.165, 1.54) is 0 Å². The number of hydrogen-bond donors (Lipinski definition) is 0. The highest BCUT2D eigenvalue weighted by Gasteiger charge is 2.29. The molecule has 0 saturated heterocycles. The zero-order valence-electron chi connectivity index (χ0n) is 9.67. The lowest BCUT2D eigenvalue weighted by molar-refractivity contribution is -0.137. The molecule has 0 N–H and O–H groups in total. The molecule has 0 bridgehead atoms. The van der Waals surface area contributed by atoms with E-state index in [-0.39, 0.29) is 0 Å². The number of alkyl halides is 3. The van der Waals surface area contributed by atoms with Gasteiger partial charge in [-0.1, -0.05) is 26.0 Å². The molecule has 0 saturated carbocycles. The Labute approximate surface area is 96.8 Å². The van der Waals surface area contributed by atoms with Crippen LogP contribution in [-0.4, -0.2) is 21.0 Å². The lowest BCUT2D eigenvalue weighted by Gasteiger charge is -2.21. The summed E-state index contributed by atoms with van der Waals surface area (Å²) in [4.78, 5) is 0. The zero-order valence-corrected chi connectivity index (χ0v) is 11.7. The summed E-state index contributed by atoms with van der Waals surface area (Å²) in [5, 5.41) is 0. The molecule has 0 aliphatic rings. The number of nitrogens with zero attached hydrogens (tertiary/aromatic N) is 1. The maximum atomic E-state index is 12.3. The molecule has 5 heteroatoms. The van der Waals surface area contributed by atoms with Crippen molar-refractivity contribution in [3.8, 4) is 0 Å². The van der Waals surface area contributed by atoms with Gasteiger partial charge >= 0.3 is 6.18 Å². The first-order valence-electron chi connectivity index (χ1n) is 5.17. The van der Waals surface area contributed by atoms with Gasteiger partial charge in [-0.3, -0.25) is 0 Å². The molecule has 0 fully saturated rings. The smallest absolute Gasteiger partial charge is 0.326 e. The highest BCUT2D eigenvalue weighted by molar-refractivity contribution is 6.04. The fourth-order valence-corrected chi connectivity index (χ4v) is 1.63. The number of rotatable bonds is 3. The third-order valence-electron chi connectivity index (χ3n) is 2.59. The van der Waals surface area contributed by atoms with Gasteiger partial charge in [0.15, 0.2) is 0 Å². The second kappa shape index (κ2) is 5.01. The van der Waals surface area contributed by atoms with Crippen LogP contribution in [0.1, 0.15) is 25.0 Å². The SMILES string of the molecule is CC(C)N([SiH3])Cc1ccc(C(F)(F)F)cc1. The molecule has 1 aromatic rings. The van der Waals surface area contributed by atoms with Gasteiger partial charge in [0.05, 0.1) is 16.0 Å². The summed E-state index contributed by atoms with van der Waals surface area (Å²) in [5.41, 5.74) is 0.345. The largest absolute Gasteiger partial charge is 0.416 e. The van der Waals surface area contributed by atoms with Gasteiger partial charge in [0.2, 0.25) is 0 Å². The van der Waals surface area contributed by atoms with E-state index in [9.17, 15) is 13.2 Å². The van der Waals surface area contributed by atoms with Crippen molar-refractivity contribution in [2.24, 2.45) is 0 Å². The van der Waals surface area contributed by atoms with Crippen LogP contribution >= 0.6 is 0 Å². The van der Waals surface area contributed by atoms with Crippen molar-refractivity contribution in [1.82, 2.24) is 4.57 Å². The number of benzene rings is 1. The van der Waals surface area contributed by atoms with Crippen molar-refractivity contribution in [2.45, 2.75) is 32.6 Å². The summed E-state index contributed by atoms with van der Waals surface area (Å²) < 4.78 is 39.1. The van der Waals surface area contributed by atoms with E-state index < -0.39 is 11.7 Å². The molecule has 0 aliphatic carbocycles. The molecule has 0 atom stereocenters. The second-order valence-corrected chi connectivity index (χ2v) is 5.35. The van der Waals surface area contributed by atoms with Gasteiger partial charge in [0.25, 0.3) is 0 Å². The average Bonchev–Trinajstić information content (AvgIpc) is 2.17. The Bertz CT molecular complexity index is 332. The Hall–Kier alpha value is -0.813. The van der Waals surface area contributed by atoms with Gasteiger partial charge in [-0.25, -0.2) is 0 Å². The Morgan fingerprint density at radius 1 is 1.19 bits per heavy atom. The maximum absolute atomic E-state index is 12.3. The highest BCUT2D eigenvalue weighted by Crippen LogP contribution is 2.29. The standard InChI is InChI=1S/C11H16F3NSi/c1-8(2)15(16)7-9-3-5-10(6-4-9)11(12,13)14/h3-6,8H,7H2,1-2,16H3. The van der Waals surface area contributed by atoms with Gasteiger partial charge in [0.1, 0.15) is 0 Å². The van der Waals surface area contributed by atoms with Gasteiger partial charge < -0.3 is 4.57 Å². The summed E-state index contributed by atoms with van der Waals surface area (Å²) >= 11 is 0. The van der Waals surface area contributed by atoms with Crippen LogP contribution < -0.4 is 0 Å². The third-order valence-corrected chi connectivity index (χ3v) is 3.94. The first-order chi connectivity index (χ1) is 7.30.